The number of hydrazine groups is 1. The highest BCUT2D eigenvalue weighted by Crippen LogP contribution is 2.25. The van der Waals surface area contributed by atoms with E-state index in [1.807, 2.05) is 0 Å². The largest absolute Gasteiger partial charge is 0.472 e. The monoisotopic (exact) mass is 402 g/mol. The Morgan fingerprint density at radius 3 is 2.97 bits per heavy atom. The van der Waals surface area contributed by atoms with Gasteiger partial charge in [-0.1, -0.05) is 5.16 Å². The third-order valence-corrected chi connectivity index (χ3v) is 4.39. The highest BCUT2D eigenvalue weighted by Gasteiger charge is 2.19. The van der Waals surface area contributed by atoms with Gasteiger partial charge >= 0.3 is 0 Å². The average Bonchev–Trinajstić information content (AvgIpc) is 3.35. The molecule has 4 heterocycles. The van der Waals surface area contributed by atoms with Gasteiger partial charge in [0.05, 0.1) is 30.7 Å². The Morgan fingerprint density at radius 2 is 2.21 bits per heavy atom. The lowest BCUT2D eigenvalue weighted by molar-refractivity contribution is 0.0124. The van der Waals surface area contributed by atoms with Gasteiger partial charge in [0.2, 0.25) is 5.88 Å². The predicted molar refractivity (Wildman–Crippen MR) is 97.2 cm³/mol. The molecule has 3 aromatic rings. The molecule has 11 heteroatoms. The molecule has 1 aliphatic rings. The summed E-state index contributed by atoms with van der Waals surface area (Å²) >= 11 is 0. The van der Waals surface area contributed by atoms with Crippen LogP contribution in [0.1, 0.15) is 21.8 Å². The first-order chi connectivity index (χ1) is 14.1. The number of pyridine rings is 1. The molecule has 1 saturated heterocycles. The van der Waals surface area contributed by atoms with Crippen LogP contribution < -0.4 is 10.2 Å². The number of carbonyl (C=O) groups excluding carboxylic acids is 1. The summed E-state index contributed by atoms with van der Waals surface area (Å²) in [5.41, 5.74) is 4.65. The van der Waals surface area contributed by atoms with Gasteiger partial charge in [-0.3, -0.25) is 20.3 Å². The van der Waals surface area contributed by atoms with Gasteiger partial charge in [-0.2, -0.15) is 0 Å². The van der Waals surface area contributed by atoms with Crippen molar-refractivity contribution in [3.8, 4) is 17.3 Å². The average molecular weight is 402 g/mol. The van der Waals surface area contributed by atoms with Crippen LogP contribution in [0.15, 0.2) is 28.9 Å². The van der Waals surface area contributed by atoms with Crippen molar-refractivity contribution in [1.29, 1.82) is 0 Å². The topological polar surface area (TPSA) is 118 Å². The fraction of sp³-hybridized carbons (Fsp3) is 0.333. The normalized spacial score (nSPS) is 14.7. The van der Waals surface area contributed by atoms with Crippen LogP contribution in [0.25, 0.3) is 11.4 Å². The van der Waals surface area contributed by atoms with Crippen molar-refractivity contribution in [3.05, 3.63) is 47.2 Å². The number of halogens is 1. The van der Waals surface area contributed by atoms with Gasteiger partial charge in [-0.05, 0) is 19.1 Å². The van der Waals surface area contributed by atoms with Crippen molar-refractivity contribution in [1.82, 2.24) is 30.8 Å². The highest BCUT2D eigenvalue weighted by molar-refractivity contribution is 5.92. The number of nitrogens with one attached hydrogen (secondary N) is 2. The highest BCUT2D eigenvalue weighted by atomic mass is 19.1. The standard InChI is InChI=1S/C18H19FN6O4/c1-11-13(17(24-29-11)14-3-2-12(19)9-20-14)10-28-16-8-15(21-22-16)18(26)23-25-4-6-27-7-5-25/h2-3,8-9H,4-7,10H2,1H3,(H,21,22)(H,23,26). The molecule has 0 aromatic carbocycles. The van der Waals surface area contributed by atoms with Crippen LogP contribution in [0.3, 0.4) is 0 Å². The summed E-state index contributed by atoms with van der Waals surface area (Å²) in [6.07, 6.45) is 1.11. The zero-order chi connectivity index (χ0) is 20.2. The van der Waals surface area contributed by atoms with E-state index in [-0.39, 0.29) is 24.1 Å². The number of hydrogen-bond acceptors (Lipinski definition) is 8. The summed E-state index contributed by atoms with van der Waals surface area (Å²) in [4.78, 5) is 16.3. The Bertz CT molecular complexity index is 981. The fourth-order valence-corrected chi connectivity index (χ4v) is 2.80. The molecule has 0 spiro atoms. The molecule has 1 amide bonds. The molecule has 1 fully saturated rings. The Kier molecular flexibility index (Phi) is 5.49. The van der Waals surface area contributed by atoms with Gasteiger partial charge < -0.3 is 14.0 Å². The number of carbonyl (C=O) groups is 1. The molecule has 0 saturated carbocycles. The van der Waals surface area contributed by atoms with E-state index in [1.165, 1.54) is 18.2 Å². The zero-order valence-corrected chi connectivity index (χ0v) is 15.6. The number of amides is 1. The first-order valence-corrected chi connectivity index (χ1v) is 8.99. The molecule has 4 rings (SSSR count). The van der Waals surface area contributed by atoms with E-state index in [0.717, 1.165) is 6.20 Å². The van der Waals surface area contributed by atoms with Gasteiger partial charge in [0.15, 0.2) is 0 Å². The van der Waals surface area contributed by atoms with Gasteiger partial charge in [0.1, 0.15) is 29.6 Å². The molecule has 0 atom stereocenters. The molecule has 0 unspecified atom stereocenters. The molecule has 10 nitrogen and oxygen atoms in total. The number of ether oxygens (including phenoxy) is 2. The fourth-order valence-electron chi connectivity index (χ4n) is 2.80. The van der Waals surface area contributed by atoms with E-state index >= 15 is 0 Å². The second kappa shape index (κ2) is 8.37. The number of H-pyrrole nitrogens is 1. The van der Waals surface area contributed by atoms with Crippen molar-refractivity contribution in [3.63, 3.8) is 0 Å². The molecular weight excluding hydrogens is 383 g/mol. The molecule has 0 bridgehead atoms. The van der Waals surface area contributed by atoms with Crippen LogP contribution in [0.2, 0.25) is 0 Å². The molecule has 0 radical (unpaired) electrons. The first kappa shape index (κ1) is 19.0. The van der Waals surface area contributed by atoms with Crippen LogP contribution in [0, 0.1) is 12.7 Å². The number of hydrogen-bond donors (Lipinski definition) is 2. The van der Waals surface area contributed by atoms with E-state index in [1.54, 1.807) is 11.9 Å². The van der Waals surface area contributed by atoms with E-state index in [0.29, 0.717) is 49.0 Å². The Morgan fingerprint density at radius 1 is 1.38 bits per heavy atom. The van der Waals surface area contributed by atoms with E-state index in [4.69, 9.17) is 14.0 Å². The number of rotatable bonds is 6. The first-order valence-electron chi connectivity index (χ1n) is 8.99. The maximum Gasteiger partial charge on any atom is 0.283 e. The van der Waals surface area contributed by atoms with Crippen molar-refractivity contribution >= 4 is 5.91 Å². The molecule has 1 aliphatic heterocycles. The quantitative estimate of drug-likeness (QED) is 0.636. The van der Waals surface area contributed by atoms with Crippen molar-refractivity contribution in [2.45, 2.75) is 13.5 Å². The third kappa shape index (κ3) is 4.41. The number of aryl methyl sites for hydroxylation is 1. The number of nitrogens with zero attached hydrogens (tertiary/aromatic N) is 4. The maximum absolute atomic E-state index is 13.1. The van der Waals surface area contributed by atoms with Gasteiger partial charge in [-0.25, -0.2) is 9.40 Å². The number of aromatic amines is 1. The molecule has 29 heavy (non-hydrogen) atoms. The van der Waals surface area contributed by atoms with Crippen LogP contribution in [-0.4, -0.2) is 57.6 Å². The van der Waals surface area contributed by atoms with E-state index in [2.05, 4.69) is 25.8 Å². The predicted octanol–water partition coefficient (Wildman–Crippen LogP) is 1.46. The maximum atomic E-state index is 13.1. The second-order valence-corrected chi connectivity index (χ2v) is 6.38. The molecular formula is C18H19FN6O4. The minimum absolute atomic E-state index is 0.0963. The number of morpholine rings is 1. The Hall–Kier alpha value is -3.31. The zero-order valence-electron chi connectivity index (χ0n) is 15.6. The lowest BCUT2D eigenvalue weighted by Gasteiger charge is -2.26. The summed E-state index contributed by atoms with van der Waals surface area (Å²) in [5, 5.41) is 12.4. The van der Waals surface area contributed by atoms with Gasteiger partial charge in [0.25, 0.3) is 5.91 Å². The summed E-state index contributed by atoms with van der Waals surface area (Å²) < 4.78 is 29.3. The second-order valence-electron chi connectivity index (χ2n) is 6.38. The van der Waals surface area contributed by atoms with Crippen molar-refractivity contribution in [2.24, 2.45) is 0 Å². The summed E-state index contributed by atoms with van der Waals surface area (Å²) in [7, 11) is 0. The molecule has 0 aliphatic carbocycles. The minimum atomic E-state index is -0.439. The van der Waals surface area contributed by atoms with Crippen molar-refractivity contribution in [2.75, 3.05) is 26.3 Å². The van der Waals surface area contributed by atoms with Crippen LogP contribution in [-0.2, 0) is 11.3 Å². The summed E-state index contributed by atoms with van der Waals surface area (Å²) in [5.74, 6) is 0.0421. The number of aromatic nitrogens is 4. The van der Waals surface area contributed by atoms with Crippen molar-refractivity contribution < 1.29 is 23.2 Å². The van der Waals surface area contributed by atoms with E-state index in [9.17, 15) is 9.18 Å². The lowest BCUT2D eigenvalue weighted by atomic mass is 10.1. The summed E-state index contributed by atoms with van der Waals surface area (Å²) in [6, 6.07) is 4.32. The van der Waals surface area contributed by atoms with Crippen LogP contribution in [0.5, 0.6) is 5.88 Å². The molecule has 3 aromatic heterocycles. The van der Waals surface area contributed by atoms with E-state index < -0.39 is 5.82 Å². The molecule has 2 N–H and O–H groups in total. The smallest absolute Gasteiger partial charge is 0.283 e. The Balaban J connectivity index is 1.41. The van der Waals surface area contributed by atoms with Crippen LogP contribution >= 0.6 is 0 Å². The van der Waals surface area contributed by atoms with Gasteiger partial charge in [0, 0.05) is 19.2 Å². The third-order valence-electron chi connectivity index (χ3n) is 4.39. The summed E-state index contributed by atoms with van der Waals surface area (Å²) in [6.45, 7) is 4.22. The molecule has 152 valence electrons. The van der Waals surface area contributed by atoms with Gasteiger partial charge in [-0.15, -0.1) is 5.10 Å². The lowest BCUT2D eigenvalue weighted by Crippen LogP contribution is -2.48. The SMILES string of the molecule is Cc1onc(-c2ccc(F)cn2)c1COc1cc(C(=O)NN2CCOCC2)[nH]n1. The minimum Gasteiger partial charge on any atom is -0.472 e. The Labute approximate surface area is 165 Å². The van der Waals surface area contributed by atoms with Crippen LogP contribution in [0.4, 0.5) is 4.39 Å².